The van der Waals surface area contributed by atoms with Gasteiger partial charge < -0.3 is 9.88 Å². The van der Waals surface area contributed by atoms with Crippen LogP contribution in [-0.2, 0) is 13.1 Å². The second-order valence-electron chi connectivity index (χ2n) is 5.35. The molecule has 5 nitrogen and oxygen atoms in total. The van der Waals surface area contributed by atoms with Crippen LogP contribution >= 0.6 is 0 Å². The molecule has 0 aliphatic heterocycles. The zero-order chi connectivity index (χ0) is 16.1. The highest BCUT2D eigenvalue weighted by Gasteiger charge is 2.05. The van der Waals surface area contributed by atoms with Gasteiger partial charge in [-0.3, -0.25) is 14.8 Å². The van der Waals surface area contributed by atoms with Gasteiger partial charge in [-0.05, 0) is 36.8 Å². The van der Waals surface area contributed by atoms with Crippen molar-refractivity contribution >= 4 is 5.69 Å². The Hall–Kier alpha value is -2.95. The average molecular weight is 306 g/mol. The topological polar surface area (TPSA) is 59.8 Å². The van der Waals surface area contributed by atoms with Gasteiger partial charge in [0.05, 0.1) is 12.2 Å². The van der Waals surface area contributed by atoms with Gasteiger partial charge in [0.2, 0.25) is 0 Å². The first-order valence-electron chi connectivity index (χ1n) is 7.46. The maximum absolute atomic E-state index is 12.4. The summed E-state index contributed by atoms with van der Waals surface area (Å²) in [6.45, 7) is 3.05. The Kier molecular flexibility index (Phi) is 4.47. The van der Waals surface area contributed by atoms with Gasteiger partial charge in [0.25, 0.3) is 5.56 Å². The second kappa shape index (κ2) is 6.87. The van der Waals surface area contributed by atoms with Gasteiger partial charge in [0, 0.05) is 42.6 Å². The van der Waals surface area contributed by atoms with Crippen molar-refractivity contribution in [3.05, 3.63) is 88.4 Å². The minimum atomic E-state index is -0.0376. The van der Waals surface area contributed by atoms with Crippen LogP contribution in [0.25, 0.3) is 0 Å². The van der Waals surface area contributed by atoms with E-state index in [1.165, 1.54) is 0 Å². The van der Waals surface area contributed by atoms with Gasteiger partial charge in [0.15, 0.2) is 0 Å². The maximum Gasteiger partial charge on any atom is 0.253 e. The number of hydrogen-bond acceptors (Lipinski definition) is 4. The van der Waals surface area contributed by atoms with E-state index in [0.717, 1.165) is 22.6 Å². The molecule has 3 aromatic heterocycles. The van der Waals surface area contributed by atoms with Crippen LogP contribution in [0.4, 0.5) is 5.69 Å². The summed E-state index contributed by atoms with van der Waals surface area (Å²) in [6.07, 6.45) is 5.29. The van der Waals surface area contributed by atoms with Crippen LogP contribution in [0.15, 0.2) is 65.8 Å². The Morgan fingerprint density at radius 1 is 1.13 bits per heavy atom. The van der Waals surface area contributed by atoms with E-state index in [1.54, 1.807) is 23.0 Å². The van der Waals surface area contributed by atoms with E-state index in [2.05, 4.69) is 15.3 Å². The third-order valence-electron chi connectivity index (χ3n) is 3.60. The van der Waals surface area contributed by atoms with Gasteiger partial charge in [-0.25, -0.2) is 0 Å². The largest absolute Gasteiger partial charge is 0.381 e. The predicted octanol–water partition coefficient (Wildman–Crippen LogP) is 2.61. The minimum absolute atomic E-state index is 0.0376. The first-order chi connectivity index (χ1) is 11.2. The van der Waals surface area contributed by atoms with Crippen LogP contribution in [0.2, 0.25) is 0 Å². The molecule has 0 bridgehead atoms. The third kappa shape index (κ3) is 3.83. The molecule has 0 radical (unpaired) electrons. The van der Waals surface area contributed by atoms with Crippen molar-refractivity contribution in [2.45, 2.75) is 20.0 Å². The number of nitrogens with zero attached hydrogens (tertiary/aromatic N) is 3. The second-order valence-corrected chi connectivity index (χ2v) is 5.35. The molecule has 0 saturated carbocycles. The highest BCUT2D eigenvalue weighted by Crippen LogP contribution is 2.10. The molecule has 116 valence electrons. The van der Waals surface area contributed by atoms with Gasteiger partial charge in [-0.1, -0.05) is 12.1 Å². The normalized spacial score (nSPS) is 10.5. The Bertz CT molecular complexity index is 829. The number of hydrogen-bond donors (Lipinski definition) is 1. The minimum Gasteiger partial charge on any atom is -0.381 e. The van der Waals surface area contributed by atoms with Crippen molar-refractivity contribution in [3.63, 3.8) is 0 Å². The van der Waals surface area contributed by atoms with Gasteiger partial charge in [-0.15, -0.1) is 0 Å². The van der Waals surface area contributed by atoms with E-state index in [4.69, 9.17) is 0 Å². The SMILES string of the molecule is Cc1cc(NCc2cccnc2)cc(=O)n1Cc1ccccn1. The first-order valence-corrected chi connectivity index (χ1v) is 7.46. The molecule has 23 heavy (non-hydrogen) atoms. The summed E-state index contributed by atoms with van der Waals surface area (Å²) in [5.41, 5.74) is 3.62. The molecular formula is C18H18N4O. The van der Waals surface area contributed by atoms with Crippen molar-refractivity contribution in [1.29, 1.82) is 0 Å². The van der Waals surface area contributed by atoms with E-state index >= 15 is 0 Å². The zero-order valence-corrected chi connectivity index (χ0v) is 12.9. The molecule has 3 heterocycles. The average Bonchev–Trinajstić information content (AvgIpc) is 2.58. The summed E-state index contributed by atoms with van der Waals surface area (Å²) in [4.78, 5) is 20.7. The van der Waals surface area contributed by atoms with Crippen LogP contribution in [0.5, 0.6) is 0 Å². The number of anilines is 1. The highest BCUT2D eigenvalue weighted by atomic mass is 16.1. The lowest BCUT2D eigenvalue weighted by atomic mass is 10.2. The molecule has 3 rings (SSSR count). The lowest BCUT2D eigenvalue weighted by Crippen LogP contribution is -2.23. The lowest BCUT2D eigenvalue weighted by Gasteiger charge is -2.12. The number of aromatic nitrogens is 3. The number of rotatable bonds is 5. The summed E-state index contributed by atoms with van der Waals surface area (Å²) in [5, 5.41) is 3.26. The first kappa shape index (κ1) is 15.0. The third-order valence-corrected chi connectivity index (χ3v) is 3.60. The number of pyridine rings is 3. The van der Waals surface area contributed by atoms with E-state index in [1.807, 2.05) is 49.5 Å². The Balaban J connectivity index is 1.76. The van der Waals surface area contributed by atoms with Crippen molar-refractivity contribution in [3.8, 4) is 0 Å². The fourth-order valence-corrected chi connectivity index (χ4v) is 2.39. The van der Waals surface area contributed by atoms with E-state index < -0.39 is 0 Å². The van der Waals surface area contributed by atoms with Crippen molar-refractivity contribution < 1.29 is 0 Å². The fourth-order valence-electron chi connectivity index (χ4n) is 2.39. The highest BCUT2D eigenvalue weighted by molar-refractivity contribution is 5.44. The smallest absolute Gasteiger partial charge is 0.253 e. The molecule has 0 fully saturated rings. The number of aryl methyl sites for hydroxylation is 1. The van der Waals surface area contributed by atoms with Crippen LogP contribution in [0.3, 0.4) is 0 Å². The van der Waals surface area contributed by atoms with Crippen LogP contribution < -0.4 is 10.9 Å². The predicted molar refractivity (Wildman–Crippen MR) is 90.3 cm³/mol. The molecule has 0 unspecified atom stereocenters. The van der Waals surface area contributed by atoms with Crippen LogP contribution in [-0.4, -0.2) is 14.5 Å². The van der Waals surface area contributed by atoms with E-state index in [9.17, 15) is 4.79 Å². The quantitative estimate of drug-likeness (QED) is 0.787. The summed E-state index contributed by atoms with van der Waals surface area (Å²) in [7, 11) is 0. The molecular weight excluding hydrogens is 288 g/mol. The summed E-state index contributed by atoms with van der Waals surface area (Å²) in [5.74, 6) is 0. The van der Waals surface area contributed by atoms with Crippen molar-refractivity contribution in [1.82, 2.24) is 14.5 Å². The molecule has 1 N–H and O–H groups in total. The van der Waals surface area contributed by atoms with E-state index in [0.29, 0.717) is 13.1 Å². The number of nitrogens with one attached hydrogen (secondary N) is 1. The lowest BCUT2D eigenvalue weighted by molar-refractivity contribution is 0.713. The molecule has 0 amide bonds. The van der Waals surface area contributed by atoms with Crippen LogP contribution in [0, 0.1) is 6.92 Å². The molecule has 0 saturated heterocycles. The summed E-state index contributed by atoms with van der Waals surface area (Å²) >= 11 is 0. The Labute approximate surface area is 134 Å². The molecule has 0 aliphatic carbocycles. The standard InChI is InChI=1S/C18H18N4O/c1-14-9-17(21-12-15-5-4-7-19-11-15)10-18(23)22(14)13-16-6-2-3-8-20-16/h2-11,21H,12-13H2,1H3. The van der Waals surface area contributed by atoms with Gasteiger partial charge >= 0.3 is 0 Å². The van der Waals surface area contributed by atoms with Crippen LogP contribution in [0.1, 0.15) is 17.0 Å². The molecule has 0 aromatic carbocycles. The van der Waals surface area contributed by atoms with Gasteiger partial charge in [0.1, 0.15) is 0 Å². The molecule has 0 spiro atoms. The van der Waals surface area contributed by atoms with Crippen molar-refractivity contribution in [2.75, 3.05) is 5.32 Å². The van der Waals surface area contributed by atoms with E-state index in [-0.39, 0.29) is 5.56 Å². The Morgan fingerprint density at radius 2 is 2.04 bits per heavy atom. The Morgan fingerprint density at radius 3 is 2.74 bits per heavy atom. The summed E-state index contributed by atoms with van der Waals surface area (Å²) < 4.78 is 1.72. The zero-order valence-electron chi connectivity index (χ0n) is 12.9. The fraction of sp³-hybridized carbons (Fsp3) is 0.167. The molecule has 3 aromatic rings. The summed E-state index contributed by atoms with van der Waals surface area (Å²) in [6, 6.07) is 13.2. The molecule has 0 aliphatic rings. The molecule has 5 heteroatoms. The van der Waals surface area contributed by atoms with Gasteiger partial charge in [-0.2, -0.15) is 0 Å². The maximum atomic E-state index is 12.4. The van der Waals surface area contributed by atoms with Crippen molar-refractivity contribution in [2.24, 2.45) is 0 Å². The monoisotopic (exact) mass is 306 g/mol. The molecule has 0 atom stereocenters.